The molecule has 3 aromatic rings. The van der Waals surface area contributed by atoms with E-state index in [2.05, 4.69) is 11.1 Å². The first-order valence-electron chi connectivity index (χ1n) is 7.40. The maximum atomic E-state index is 9.24. The Hall–Kier alpha value is -3.53. The molecule has 3 N–H and O–H groups in total. The predicted octanol–water partition coefficient (Wildman–Crippen LogP) is 3.44. The first kappa shape index (κ1) is 16.3. The number of fused-ring (bicyclic) bond motifs is 1. The van der Waals surface area contributed by atoms with Crippen molar-refractivity contribution in [3.63, 3.8) is 0 Å². The lowest BCUT2D eigenvalue weighted by Gasteiger charge is -2.14. The molecule has 0 atom stereocenters. The van der Waals surface area contributed by atoms with Crippen LogP contribution in [0.5, 0.6) is 28.7 Å². The molecule has 0 unspecified atom stereocenters. The molecule has 7 heteroatoms. The summed E-state index contributed by atoms with van der Waals surface area (Å²) in [5, 5.41) is 9.94. The summed E-state index contributed by atoms with van der Waals surface area (Å²) < 4.78 is 21.8. The number of nitrogen functional groups attached to an aromatic ring is 1. The van der Waals surface area contributed by atoms with E-state index in [0.29, 0.717) is 45.5 Å². The number of aromatic nitrogens is 1. The molecule has 0 saturated heterocycles. The number of hydrogen-bond donors (Lipinski definition) is 2. The number of nitrogens with zero attached hydrogens (tertiary/aromatic N) is 1. The van der Waals surface area contributed by atoms with Gasteiger partial charge in [-0.2, -0.15) is 5.26 Å². The Labute approximate surface area is 144 Å². The highest BCUT2D eigenvalue weighted by Gasteiger charge is 2.15. The fourth-order valence-electron chi connectivity index (χ4n) is 2.63. The van der Waals surface area contributed by atoms with Gasteiger partial charge in [0.15, 0.2) is 11.5 Å². The van der Waals surface area contributed by atoms with Gasteiger partial charge < -0.3 is 29.7 Å². The topological polar surface area (TPSA) is 103 Å². The van der Waals surface area contributed by atoms with E-state index in [1.807, 2.05) is 0 Å². The Morgan fingerprint density at radius 1 is 0.960 bits per heavy atom. The Morgan fingerprint density at radius 3 is 2.20 bits per heavy atom. The van der Waals surface area contributed by atoms with Gasteiger partial charge in [-0.1, -0.05) is 0 Å². The van der Waals surface area contributed by atoms with Crippen molar-refractivity contribution in [1.29, 1.82) is 5.26 Å². The normalized spacial score (nSPS) is 10.3. The second kappa shape index (κ2) is 6.53. The minimum absolute atomic E-state index is 0.336. The van der Waals surface area contributed by atoms with Crippen LogP contribution in [-0.2, 0) is 0 Å². The van der Waals surface area contributed by atoms with Gasteiger partial charge in [0.25, 0.3) is 0 Å². The first-order valence-corrected chi connectivity index (χ1v) is 7.40. The monoisotopic (exact) mass is 339 g/mol. The molecule has 0 saturated carbocycles. The van der Waals surface area contributed by atoms with Gasteiger partial charge in [-0.05, 0) is 18.2 Å². The second-order valence-corrected chi connectivity index (χ2v) is 5.20. The summed E-state index contributed by atoms with van der Waals surface area (Å²) in [5.41, 5.74) is 6.97. The Balaban J connectivity index is 2.02. The van der Waals surface area contributed by atoms with Crippen molar-refractivity contribution >= 4 is 16.7 Å². The van der Waals surface area contributed by atoms with Crippen LogP contribution in [0.25, 0.3) is 10.9 Å². The average Bonchev–Trinajstić information content (AvgIpc) is 2.95. The standard InChI is InChI=1S/C18H17N3O4/c1-22-15-7-11(8-16(23-2)17(15)24-3)25-10-4-5-14-12(6-10)13(9-19)18(20)21-14/h4-8,21H,20H2,1-3H3. The van der Waals surface area contributed by atoms with Gasteiger partial charge in [0.2, 0.25) is 5.75 Å². The highest BCUT2D eigenvalue weighted by molar-refractivity contribution is 5.92. The number of aromatic amines is 1. The smallest absolute Gasteiger partial charge is 0.203 e. The zero-order valence-electron chi connectivity index (χ0n) is 14.0. The molecule has 0 aliphatic rings. The number of nitrogens with two attached hydrogens (primary N) is 1. The van der Waals surface area contributed by atoms with Crippen LogP contribution < -0.4 is 24.7 Å². The summed E-state index contributed by atoms with van der Waals surface area (Å²) in [4.78, 5) is 2.96. The van der Waals surface area contributed by atoms with E-state index in [9.17, 15) is 5.26 Å². The third kappa shape index (κ3) is 2.85. The van der Waals surface area contributed by atoms with E-state index < -0.39 is 0 Å². The molecule has 0 bridgehead atoms. The molecule has 0 radical (unpaired) electrons. The Kier molecular flexibility index (Phi) is 4.27. The molecule has 1 aromatic heterocycles. The van der Waals surface area contributed by atoms with E-state index >= 15 is 0 Å². The summed E-state index contributed by atoms with van der Waals surface area (Å²) in [6.07, 6.45) is 0. The molecular formula is C18H17N3O4. The number of methoxy groups -OCH3 is 3. The minimum Gasteiger partial charge on any atom is -0.493 e. The van der Waals surface area contributed by atoms with Gasteiger partial charge in [0.1, 0.15) is 28.9 Å². The Bertz CT molecular complexity index is 947. The quantitative estimate of drug-likeness (QED) is 0.738. The molecule has 0 aliphatic heterocycles. The lowest BCUT2D eigenvalue weighted by Crippen LogP contribution is -1.96. The number of H-pyrrole nitrogens is 1. The zero-order chi connectivity index (χ0) is 18.0. The van der Waals surface area contributed by atoms with Crippen molar-refractivity contribution in [3.05, 3.63) is 35.9 Å². The number of nitrogens with one attached hydrogen (secondary N) is 1. The first-order chi connectivity index (χ1) is 12.1. The van der Waals surface area contributed by atoms with E-state index in [1.54, 1.807) is 30.3 Å². The molecule has 2 aromatic carbocycles. The van der Waals surface area contributed by atoms with Gasteiger partial charge in [0.05, 0.1) is 21.3 Å². The SMILES string of the molecule is COc1cc(Oc2ccc3[nH]c(N)c(C#N)c3c2)cc(OC)c1OC. The molecule has 25 heavy (non-hydrogen) atoms. The highest BCUT2D eigenvalue weighted by atomic mass is 16.5. The highest BCUT2D eigenvalue weighted by Crippen LogP contribution is 2.42. The van der Waals surface area contributed by atoms with E-state index in [4.69, 9.17) is 24.7 Å². The Morgan fingerprint density at radius 2 is 1.64 bits per heavy atom. The van der Waals surface area contributed by atoms with Crippen molar-refractivity contribution in [3.8, 4) is 34.8 Å². The van der Waals surface area contributed by atoms with Gasteiger partial charge in [0, 0.05) is 23.0 Å². The van der Waals surface area contributed by atoms with E-state index in [0.717, 1.165) is 5.52 Å². The van der Waals surface area contributed by atoms with Crippen molar-refractivity contribution in [2.45, 2.75) is 0 Å². The maximum absolute atomic E-state index is 9.24. The maximum Gasteiger partial charge on any atom is 0.203 e. The number of rotatable bonds is 5. The summed E-state index contributed by atoms with van der Waals surface area (Å²) in [6.45, 7) is 0. The van der Waals surface area contributed by atoms with E-state index in [1.165, 1.54) is 21.3 Å². The molecule has 128 valence electrons. The number of ether oxygens (including phenoxy) is 4. The van der Waals surface area contributed by atoms with Crippen molar-refractivity contribution in [2.24, 2.45) is 0 Å². The molecule has 0 amide bonds. The molecule has 1 heterocycles. The predicted molar refractivity (Wildman–Crippen MR) is 93.6 cm³/mol. The third-order valence-corrected chi connectivity index (χ3v) is 3.78. The fourth-order valence-corrected chi connectivity index (χ4v) is 2.63. The van der Waals surface area contributed by atoms with E-state index in [-0.39, 0.29) is 0 Å². The molecule has 3 rings (SSSR count). The number of nitriles is 1. The van der Waals surface area contributed by atoms with Gasteiger partial charge in [-0.15, -0.1) is 0 Å². The van der Waals surface area contributed by atoms with Crippen LogP contribution in [0, 0.1) is 11.3 Å². The van der Waals surface area contributed by atoms with Crippen LogP contribution in [0.2, 0.25) is 0 Å². The average molecular weight is 339 g/mol. The minimum atomic E-state index is 0.336. The van der Waals surface area contributed by atoms with Crippen molar-refractivity contribution in [2.75, 3.05) is 27.1 Å². The van der Waals surface area contributed by atoms with Crippen LogP contribution in [0.4, 0.5) is 5.82 Å². The molecule has 7 nitrogen and oxygen atoms in total. The summed E-state index contributed by atoms with van der Waals surface area (Å²) in [6, 6.07) is 10.8. The number of anilines is 1. The molecule has 0 aliphatic carbocycles. The molecule has 0 spiro atoms. The fraction of sp³-hybridized carbons (Fsp3) is 0.167. The zero-order valence-corrected chi connectivity index (χ0v) is 14.0. The van der Waals surface area contributed by atoms with Crippen LogP contribution in [0.15, 0.2) is 30.3 Å². The summed E-state index contributed by atoms with van der Waals surface area (Å²) in [7, 11) is 4.61. The molecule has 0 fully saturated rings. The molecular weight excluding hydrogens is 322 g/mol. The van der Waals surface area contributed by atoms with Crippen LogP contribution in [0.3, 0.4) is 0 Å². The third-order valence-electron chi connectivity index (χ3n) is 3.78. The van der Waals surface area contributed by atoms with Crippen molar-refractivity contribution in [1.82, 2.24) is 4.98 Å². The summed E-state index contributed by atoms with van der Waals surface area (Å²) >= 11 is 0. The van der Waals surface area contributed by atoms with Gasteiger partial charge in [-0.25, -0.2) is 0 Å². The van der Waals surface area contributed by atoms with Crippen LogP contribution in [-0.4, -0.2) is 26.3 Å². The van der Waals surface area contributed by atoms with Gasteiger partial charge in [-0.3, -0.25) is 0 Å². The van der Waals surface area contributed by atoms with Gasteiger partial charge >= 0.3 is 0 Å². The van der Waals surface area contributed by atoms with Crippen LogP contribution >= 0.6 is 0 Å². The largest absolute Gasteiger partial charge is 0.493 e. The lowest BCUT2D eigenvalue weighted by molar-refractivity contribution is 0.321. The lowest BCUT2D eigenvalue weighted by atomic mass is 10.1. The second-order valence-electron chi connectivity index (χ2n) is 5.20. The number of benzene rings is 2. The van der Waals surface area contributed by atoms with Crippen LogP contribution in [0.1, 0.15) is 5.56 Å². The summed E-state index contributed by atoms with van der Waals surface area (Å²) in [5.74, 6) is 2.86. The number of hydrogen-bond acceptors (Lipinski definition) is 6. The van der Waals surface area contributed by atoms with Crippen molar-refractivity contribution < 1.29 is 18.9 Å².